The highest BCUT2D eigenvalue weighted by Gasteiger charge is 2.14. The van der Waals surface area contributed by atoms with Crippen molar-refractivity contribution in [3.8, 4) is 5.75 Å². The van der Waals surface area contributed by atoms with Crippen LogP contribution in [0.4, 0.5) is 0 Å². The Morgan fingerprint density at radius 1 is 1.05 bits per heavy atom. The highest BCUT2D eigenvalue weighted by molar-refractivity contribution is 9.10. The Kier molecular flexibility index (Phi) is 4.24. The SMILES string of the molecule is NS(=O)(=O)c1ccccc1OCc1ccc(Br)cc1. The van der Waals surface area contributed by atoms with Gasteiger partial charge in [-0.2, -0.15) is 0 Å². The first kappa shape index (κ1) is 14.0. The van der Waals surface area contributed by atoms with E-state index in [9.17, 15) is 8.42 Å². The lowest BCUT2D eigenvalue weighted by molar-refractivity contribution is 0.298. The second kappa shape index (κ2) is 5.73. The van der Waals surface area contributed by atoms with E-state index in [2.05, 4.69) is 15.9 Å². The largest absolute Gasteiger partial charge is 0.487 e. The third-order valence-electron chi connectivity index (χ3n) is 2.46. The van der Waals surface area contributed by atoms with Crippen LogP contribution in [0.1, 0.15) is 5.56 Å². The van der Waals surface area contributed by atoms with Crippen LogP contribution in [0.5, 0.6) is 5.75 Å². The van der Waals surface area contributed by atoms with Crippen LogP contribution in [-0.4, -0.2) is 8.42 Å². The third-order valence-corrected chi connectivity index (χ3v) is 3.94. The first-order valence-corrected chi connectivity index (χ1v) is 7.80. The molecule has 2 rings (SSSR count). The summed E-state index contributed by atoms with van der Waals surface area (Å²) in [7, 11) is -3.78. The Balaban J connectivity index is 2.18. The molecule has 0 aromatic heterocycles. The molecule has 0 aliphatic rings. The molecule has 0 bridgehead atoms. The summed E-state index contributed by atoms with van der Waals surface area (Å²) in [5.41, 5.74) is 0.937. The zero-order chi connectivity index (χ0) is 13.9. The summed E-state index contributed by atoms with van der Waals surface area (Å²) in [6, 6.07) is 13.9. The van der Waals surface area contributed by atoms with Gasteiger partial charge in [-0.15, -0.1) is 0 Å². The minimum atomic E-state index is -3.78. The number of nitrogens with two attached hydrogens (primary N) is 1. The van der Waals surface area contributed by atoms with E-state index in [1.165, 1.54) is 6.07 Å². The molecule has 0 radical (unpaired) electrons. The number of ether oxygens (including phenoxy) is 1. The van der Waals surface area contributed by atoms with Gasteiger partial charge in [0.1, 0.15) is 17.3 Å². The second-order valence-electron chi connectivity index (χ2n) is 3.91. The second-order valence-corrected chi connectivity index (χ2v) is 6.35. The minimum Gasteiger partial charge on any atom is -0.487 e. The average Bonchev–Trinajstić information content (AvgIpc) is 2.37. The van der Waals surface area contributed by atoms with Gasteiger partial charge < -0.3 is 4.74 Å². The summed E-state index contributed by atoms with van der Waals surface area (Å²) >= 11 is 3.34. The molecule has 0 amide bonds. The van der Waals surface area contributed by atoms with Gasteiger partial charge in [-0.25, -0.2) is 13.6 Å². The van der Waals surface area contributed by atoms with Crippen LogP contribution in [0.15, 0.2) is 57.9 Å². The quantitative estimate of drug-likeness (QED) is 0.929. The molecule has 2 aromatic rings. The van der Waals surface area contributed by atoms with Crippen LogP contribution in [-0.2, 0) is 16.6 Å². The van der Waals surface area contributed by atoms with E-state index in [-0.39, 0.29) is 17.3 Å². The maximum absolute atomic E-state index is 11.4. The maximum Gasteiger partial charge on any atom is 0.241 e. The van der Waals surface area contributed by atoms with Crippen LogP contribution >= 0.6 is 15.9 Å². The molecule has 0 aliphatic heterocycles. The summed E-state index contributed by atoms with van der Waals surface area (Å²) in [5, 5.41) is 5.13. The number of para-hydroxylation sites is 1. The highest BCUT2D eigenvalue weighted by atomic mass is 79.9. The Morgan fingerprint density at radius 3 is 2.32 bits per heavy atom. The third kappa shape index (κ3) is 3.79. The number of halogens is 1. The van der Waals surface area contributed by atoms with Gasteiger partial charge in [-0.3, -0.25) is 0 Å². The van der Waals surface area contributed by atoms with Gasteiger partial charge in [0.2, 0.25) is 10.0 Å². The fourth-order valence-corrected chi connectivity index (χ4v) is 2.49. The van der Waals surface area contributed by atoms with E-state index in [1.54, 1.807) is 18.2 Å². The summed E-state index contributed by atoms with van der Waals surface area (Å²) in [6.45, 7) is 0.278. The van der Waals surface area contributed by atoms with Crippen molar-refractivity contribution in [3.05, 3.63) is 58.6 Å². The Morgan fingerprint density at radius 2 is 1.68 bits per heavy atom. The number of primary sulfonamides is 1. The minimum absolute atomic E-state index is 0.00730. The predicted octanol–water partition coefficient (Wildman–Crippen LogP) is 2.68. The van der Waals surface area contributed by atoms with E-state index in [0.717, 1.165) is 10.0 Å². The summed E-state index contributed by atoms with van der Waals surface area (Å²) < 4.78 is 29.3. The molecule has 0 fully saturated rings. The van der Waals surface area contributed by atoms with Crippen molar-refractivity contribution in [1.29, 1.82) is 0 Å². The van der Waals surface area contributed by atoms with Crippen molar-refractivity contribution in [2.75, 3.05) is 0 Å². The Bertz CT molecular complexity index is 669. The Hall–Kier alpha value is -1.37. The number of hydrogen-bond acceptors (Lipinski definition) is 3. The molecular formula is C13H12BrNO3S. The molecule has 0 saturated carbocycles. The lowest BCUT2D eigenvalue weighted by atomic mass is 10.2. The first-order valence-electron chi connectivity index (χ1n) is 5.46. The van der Waals surface area contributed by atoms with Crippen LogP contribution in [0.3, 0.4) is 0 Å². The van der Waals surface area contributed by atoms with Crippen molar-refractivity contribution in [2.24, 2.45) is 5.14 Å². The molecule has 19 heavy (non-hydrogen) atoms. The van der Waals surface area contributed by atoms with E-state index in [1.807, 2.05) is 24.3 Å². The number of hydrogen-bond donors (Lipinski definition) is 1. The Labute approximate surface area is 120 Å². The standard InChI is InChI=1S/C13H12BrNO3S/c14-11-7-5-10(6-8-11)9-18-12-3-1-2-4-13(12)19(15,16)17/h1-8H,9H2,(H2,15,16,17). The molecular weight excluding hydrogens is 330 g/mol. The fourth-order valence-electron chi connectivity index (χ4n) is 1.55. The summed E-state index contributed by atoms with van der Waals surface area (Å²) in [5.74, 6) is 0.257. The van der Waals surface area contributed by atoms with Gasteiger partial charge in [-0.05, 0) is 29.8 Å². The monoisotopic (exact) mass is 341 g/mol. The van der Waals surface area contributed by atoms with Crippen LogP contribution in [0.2, 0.25) is 0 Å². The summed E-state index contributed by atoms with van der Waals surface area (Å²) in [6.07, 6.45) is 0. The number of rotatable bonds is 4. The van der Waals surface area contributed by atoms with Gasteiger partial charge in [0.05, 0.1) is 0 Å². The molecule has 0 heterocycles. The predicted molar refractivity (Wildman–Crippen MR) is 76.3 cm³/mol. The van der Waals surface area contributed by atoms with Crippen LogP contribution < -0.4 is 9.88 Å². The van der Waals surface area contributed by atoms with E-state index in [4.69, 9.17) is 9.88 Å². The molecule has 4 nitrogen and oxygen atoms in total. The van der Waals surface area contributed by atoms with Crippen molar-refractivity contribution in [1.82, 2.24) is 0 Å². The first-order chi connectivity index (χ1) is 8.97. The molecule has 0 spiro atoms. The smallest absolute Gasteiger partial charge is 0.241 e. The highest BCUT2D eigenvalue weighted by Crippen LogP contribution is 2.23. The van der Waals surface area contributed by atoms with Crippen LogP contribution in [0, 0.1) is 0 Å². The zero-order valence-corrected chi connectivity index (χ0v) is 12.3. The fraction of sp³-hybridized carbons (Fsp3) is 0.0769. The van der Waals surface area contributed by atoms with Gasteiger partial charge in [0.25, 0.3) is 0 Å². The summed E-state index contributed by atoms with van der Waals surface area (Å²) in [4.78, 5) is -0.00730. The lowest BCUT2D eigenvalue weighted by Gasteiger charge is -2.10. The molecule has 100 valence electrons. The van der Waals surface area contributed by atoms with Gasteiger partial charge in [0.15, 0.2) is 0 Å². The van der Waals surface area contributed by atoms with Crippen molar-refractivity contribution < 1.29 is 13.2 Å². The number of benzene rings is 2. The zero-order valence-electron chi connectivity index (χ0n) is 9.91. The normalized spacial score (nSPS) is 11.3. The lowest BCUT2D eigenvalue weighted by Crippen LogP contribution is -2.13. The average molecular weight is 342 g/mol. The van der Waals surface area contributed by atoms with E-state index >= 15 is 0 Å². The molecule has 0 aliphatic carbocycles. The van der Waals surface area contributed by atoms with Crippen molar-refractivity contribution in [3.63, 3.8) is 0 Å². The van der Waals surface area contributed by atoms with Gasteiger partial charge in [0, 0.05) is 4.47 Å². The van der Waals surface area contributed by atoms with Gasteiger partial charge in [-0.1, -0.05) is 40.2 Å². The van der Waals surface area contributed by atoms with E-state index < -0.39 is 10.0 Å². The van der Waals surface area contributed by atoms with E-state index in [0.29, 0.717) is 0 Å². The molecule has 0 unspecified atom stereocenters. The van der Waals surface area contributed by atoms with Gasteiger partial charge >= 0.3 is 0 Å². The molecule has 6 heteroatoms. The topological polar surface area (TPSA) is 69.4 Å². The maximum atomic E-state index is 11.4. The molecule has 2 aromatic carbocycles. The molecule has 0 saturated heterocycles. The van der Waals surface area contributed by atoms with Crippen molar-refractivity contribution in [2.45, 2.75) is 11.5 Å². The molecule has 2 N–H and O–H groups in total. The molecule has 0 atom stereocenters. The van der Waals surface area contributed by atoms with Crippen LogP contribution in [0.25, 0.3) is 0 Å². The van der Waals surface area contributed by atoms with Crippen molar-refractivity contribution >= 4 is 26.0 Å². The number of sulfonamides is 1.